The zero-order valence-corrected chi connectivity index (χ0v) is 24.2. The fourth-order valence-corrected chi connectivity index (χ4v) is 10.6. The molecule has 10 unspecified atom stereocenters. The first-order valence-corrected chi connectivity index (χ1v) is 16.5. The zero-order chi connectivity index (χ0) is 26.0. The molecule has 9 rings (SSSR count). The SMILES string of the molecule is CC1C=CC2=C(C1)C1CCC3C=C(C4C5C6=C(C=CC(C(C)C)C6)C6=CCCCN6C45)N4CCCC4C3C1O2. The van der Waals surface area contributed by atoms with E-state index < -0.39 is 0 Å². The van der Waals surface area contributed by atoms with Crippen LogP contribution in [0.15, 0.2) is 70.3 Å². The van der Waals surface area contributed by atoms with Crippen LogP contribution in [-0.4, -0.2) is 41.1 Å². The summed E-state index contributed by atoms with van der Waals surface area (Å²) in [5.41, 5.74) is 8.43. The van der Waals surface area contributed by atoms with Gasteiger partial charge in [-0.15, -0.1) is 0 Å². The van der Waals surface area contributed by atoms with E-state index in [4.69, 9.17) is 4.74 Å². The maximum absolute atomic E-state index is 6.88. The molecule has 5 heterocycles. The van der Waals surface area contributed by atoms with Crippen molar-refractivity contribution in [2.75, 3.05) is 13.1 Å². The standard InChI is InChI=1S/C36H46N2O/c1-20(2)22-10-12-24-27(18-22)33-34(35(33)38-15-5-4-7-28(24)38)30-19-23-11-13-25-26-17-21(3)9-14-31(26)39-36(25)32(23)29-8-6-16-37(29)30/h7,9-10,12,14,19-23,25,29,32-36H,4-6,8,11,13,15-18H2,1-3H3. The van der Waals surface area contributed by atoms with Crippen LogP contribution in [0, 0.1) is 47.3 Å². The number of allylic oxidation sites excluding steroid dienone is 6. The van der Waals surface area contributed by atoms with Crippen molar-refractivity contribution >= 4 is 0 Å². The van der Waals surface area contributed by atoms with Crippen LogP contribution in [-0.2, 0) is 4.74 Å². The Morgan fingerprint density at radius 1 is 0.923 bits per heavy atom. The molecule has 1 saturated heterocycles. The summed E-state index contributed by atoms with van der Waals surface area (Å²) < 4.78 is 6.88. The Balaban J connectivity index is 1.06. The monoisotopic (exact) mass is 522 g/mol. The van der Waals surface area contributed by atoms with E-state index in [9.17, 15) is 0 Å². The molecule has 9 aliphatic rings. The number of hydrogen-bond acceptors (Lipinski definition) is 3. The minimum Gasteiger partial charge on any atom is -0.489 e. The molecule has 0 radical (unpaired) electrons. The Morgan fingerprint density at radius 2 is 1.82 bits per heavy atom. The third-order valence-electron chi connectivity index (χ3n) is 12.5. The van der Waals surface area contributed by atoms with E-state index in [1.807, 2.05) is 5.57 Å². The minimum absolute atomic E-state index is 0.412. The van der Waals surface area contributed by atoms with Gasteiger partial charge in [-0.3, -0.25) is 0 Å². The smallest absolute Gasteiger partial charge is 0.119 e. The van der Waals surface area contributed by atoms with Crippen molar-refractivity contribution in [1.29, 1.82) is 0 Å². The number of hydrogen-bond donors (Lipinski definition) is 0. The van der Waals surface area contributed by atoms with Crippen molar-refractivity contribution < 1.29 is 4.74 Å². The molecule has 3 fully saturated rings. The molecule has 0 bridgehead atoms. The van der Waals surface area contributed by atoms with E-state index in [1.165, 1.54) is 70.2 Å². The van der Waals surface area contributed by atoms with Crippen molar-refractivity contribution in [3.63, 3.8) is 0 Å². The Morgan fingerprint density at radius 3 is 2.72 bits per heavy atom. The second-order valence-electron chi connectivity index (χ2n) is 14.8. The summed E-state index contributed by atoms with van der Waals surface area (Å²) in [6.45, 7) is 9.73. The summed E-state index contributed by atoms with van der Waals surface area (Å²) in [6, 6.07) is 1.39. The van der Waals surface area contributed by atoms with Crippen LogP contribution in [0.5, 0.6) is 0 Å². The van der Waals surface area contributed by atoms with Gasteiger partial charge in [0, 0.05) is 60.2 Å². The van der Waals surface area contributed by atoms with Crippen molar-refractivity contribution in [2.45, 2.75) is 90.3 Å². The first-order chi connectivity index (χ1) is 19.1. The molecule has 0 aromatic carbocycles. The van der Waals surface area contributed by atoms with E-state index in [-0.39, 0.29) is 0 Å². The van der Waals surface area contributed by atoms with Crippen molar-refractivity contribution in [3.8, 4) is 0 Å². The second-order valence-corrected chi connectivity index (χ2v) is 14.8. The molecule has 4 aliphatic carbocycles. The molecule has 39 heavy (non-hydrogen) atoms. The highest BCUT2D eigenvalue weighted by Gasteiger charge is 2.64. The van der Waals surface area contributed by atoms with Crippen LogP contribution >= 0.6 is 0 Å². The molecular weight excluding hydrogens is 476 g/mol. The predicted molar refractivity (Wildman–Crippen MR) is 156 cm³/mol. The quantitative estimate of drug-likeness (QED) is 0.376. The summed E-state index contributed by atoms with van der Waals surface area (Å²) in [4.78, 5) is 5.80. The summed E-state index contributed by atoms with van der Waals surface area (Å²) in [5.74, 6) is 6.84. The maximum Gasteiger partial charge on any atom is 0.119 e. The third-order valence-corrected chi connectivity index (χ3v) is 12.5. The maximum atomic E-state index is 6.88. The highest BCUT2D eigenvalue weighted by molar-refractivity contribution is 5.55. The van der Waals surface area contributed by atoms with Gasteiger partial charge < -0.3 is 14.5 Å². The highest BCUT2D eigenvalue weighted by Crippen LogP contribution is 2.64. The molecule has 0 spiro atoms. The van der Waals surface area contributed by atoms with Gasteiger partial charge >= 0.3 is 0 Å². The molecule has 0 N–H and O–H groups in total. The molecule has 206 valence electrons. The van der Waals surface area contributed by atoms with E-state index >= 15 is 0 Å². The fourth-order valence-electron chi connectivity index (χ4n) is 10.6. The Hall–Kier alpha value is -2.16. The van der Waals surface area contributed by atoms with Crippen LogP contribution in [0.1, 0.15) is 72.1 Å². The van der Waals surface area contributed by atoms with Crippen LogP contribution in [0.4, 0.5) is 0 Å². The Labute approximate surface area is 235 Å². The average molecular weight is 523 g/mol. The van der Waals surface area contributed by atoms with Gasteiger partial charge in [-0.05, 0) is 92.3 Å². The van der Waals surface area contributed by atoms with Crippen molar-refractivity contribution in [1.82, 2.24) is 9.80 Å². The van der Waals surface area contributed by atoms with Gasteiger partial charge in [0.2, 0.25) is 0 Å². The third kappa shape index (κ3) is 3.28. The molecular formula is C36H46N2O. The Bertz CT molecular complexity index is 1280. The molecule has 3 heteroatoms. The van der Waals surface area contributed by atoms with Crippen molar-refractivity contribution in [2.24, 2.45) is 47.3 Å². The van der Waals surface area contributed by atoms with Crippen LogP contribution in [0.25, 0.3) is 0 Å². The van der Waals surface area contributed by atoms with Crippen LogP contribution < -0.4 is 0 Å². The van der Waals surface area contributed by atoms with Gasteiger partial charge in [0.1, 0.15) is 11.9 Å². The largest absolute Gasteiger partial charge is 0.489 e. The average Bonchev–Trinajstić information content (AvgIpc) is 3.30. The fraction of sp³-hybridized carbons (Fsp3) is 0.667. The van der Waals surface area contributed by atoms with Gasteiger partial charge in [-0.25, -0.2) is 0 Å². The number of fused-ring (bicyclic) bond motifs is 11. The molecule has 0 amide bonds. The normalized spacial score (nSPS) is 45.0. The molecule has 10 atom stereocenters. The zero-order valence-electron chi connectivity index (χ0n) is 24.2. The summed E-state index contributed by atoms with van der Waals surface area (Å²) in [5, 5.41) is 0. The van der Waals surface area contributed by atoms with Crippen LogP contribution in [0.2, 0.25) is 0 Å². The first-order valence-electron chi connectivity index (χ1n) is 16.5. The van der Waals surface area contributed by atoms with Gasteiger partial charge in [0.25, 0.3) is 0 Å². The van der Waals surface area contributed by atoms with E-state index in [1.54, 1.807) is 22.5 Å². The Kier molecular flexibility index (Phi) is 5.09. The van der Waals surface area contributed by atoms with Gasteiger partial charge in [-0.1, -0.05) is 56.7 Å². The molecule has 3 nitrogen and oxygen atoms in total. The lowest BCUT2D eigenvalue weighted by Crippen LogP contribution is -2.52. The van der Waals surface area contributed by atoms with E-state index in [2.05, 4.69) is 67.0 Å². The first kappa shape index (κ1) is 23.5. The lowest BCUT2D eigenvalue weighted by atomic mass is 9.64. The molecule has 0 aromatic heterocycles. The van der Waals surface area contributed by atoms with Crippen LogP contribution in [0.3, 0.4) is 0 Å². The van der Waals surface area contributed by atoms with Gasteiger partial charge in [0.05, 0.1) is 0 Å². The summed E-state index contributed by atoms with van der Waals surface area (Å²) in [7, 11) is 0. The van der Waals surface area contributed by atoms with Gasteiger partial charge in [0.15, 0.2) is 0 Å². The van der Waals surface area contributed by atoms with E-state index in [0.29, 0.717) is 53.7 Å². The number of nitrogens with zero attached hydrogens (tertiary/aromatic N) is 2. The second kappa shape index (κ2) is 8.43. The number of ether oxygens (including phenoxy) is 1. The van der Waals surface area contributed by atoms with Gasteiger partial charge in [-0.2, -0.15) is 0 Å². The molecule has 0 aromatic rings. The predicted octanol–water partition coefficient (Wildman–Crippen LogP) is 7.38. The van der Waals surface area contributed by atoms with Crippen molar-refractivity contribution in [3.05, 3.63) is 70.3 Å². The molecule has 2 saturated carbocycles. The lowest BCUT2D eigenvalue weighted by Gasteiger charge is -2.49. The highest BCUT2D eigenvalue weighted by atomic mass is 16.5. The summed E-state index contributed by atoms with van der Waals surface area (Å²) in [6.07, 6.45) is 26.1. The minimum atomic E-state index is 0.412. The number of rotatable bonds is 2. The van der Waals surface area contributed by atoms with E-state index in [0.717, 1.165) is 11.8 Å². The lowest BCUT2D eigenvalue weighted by molar-refractivity contribution is -0.0271. The molecule has 5 aliphatic heterocycles. The topological polar surface area (TPSA) is 15.7 Å². The summed E-state index contributed by atoms with van der Waals surface area (Å²) >= 11 is 0.